The summed E-state index contributed by atoms with van der Waals surface area (Å²) in [6.07, 6.45) is 0. The minimum atomic E-state index is 0. The van der Waals surface area contributed by atoms with Crippen LogP contribution in [0.1, 0.15) is 27.3 Å². The van der Waals surface area contributed by atoms with Gasteiger partial charge in [0.25, 0.3) is 0 Å². The second-order valence-electron chi connectivity index (χ2n) is 4.26. The lowest BCUT2D eigenvalue weighted by Gasteiger charge is -2.09. The van der Waals surface area contributed by atoms with E-state index in [1.54, 1.807) is 25.3 Å². The Balaban J connectivity index is 0.00000220. The molecule has 2 aromatic rings. The molecule has 7 nitrogen and oxygen atoms in total. The SMILES string of the molecule is CN=C(NCc1nc(C)no1)NCc1sc(C)nc1C.I. The first-order chi connectivity index (χ1) is 9.58. The second-order valence-corrected chi connectivity index (χ2v) is 5.54. The van der Waals surface area contributed by atoms with Crippen molar-refractivity contribution in [3.63, 3.8) is 0 Å². The van der Waals surface area contributed by atoms with Crippen molar-refractivity contribution in [2.45, 2.75) is 33.9 Å². The maximum Gasteiger partial charge on any atom is 0.246 e. The summed E-state index contributed by atoms with van der Waals surface area (Å²) in [5.74, 6) is 1.85. The molecule has 2 rings (SSSR count). The molecule has 0 spiro atoms. The predicted molar refractivity (Wildman–Crippen MR) is 93.1 cm³/mol. The molecule has 21 heavy (non-hydrogen) atoms. The highest BCUT2D eigenvalue weighted by Crippen LogP contribution is 2.16. The van der Waals surface area contributed by atoms with Gasteiger partial charge in [0.05, 0.1) is 23.8 Å². The lowest BCUT2D eigenvalue weighted by Crippen LogP contribution is -2.36. The maximum absolute atomic E-state index is 5.03. The Kier molecular flexibility index (Phi) is 7.02. The number of aryl methyl sites for hydroxylation is 3. The van der Waals surface area contributed by atoms with E-state index in [2.05, 4.69) is 30.8 Å². The zero-order valence-electron chi connectivity index (χ0n) is 12.4. The van der Waals surface area contributed by atoms with Crippen molar-refractivity contribution in [3.05, 3.63) is 27.3 Å². The number of aromatic nitrogens is 3. The largest absolute Gasteiger partial charge is 0.351 e. The number of thiazole rings is 1. The molecular formula is C12H19IN6OS. The van der Waals surface area contributed by atoms with E-state index in [1.165, 1.54) is 4.88 Å². The Morgan fingerprint density at radius 2 is 1.90 bits per heavy atom. The minimum Gasteiger partial charge on any atom is -0.351 e. The van der Waals surface area contributed by atoms with Crippen molar-refractivity contribution in [2.75, 3.05) is 7.05 Å². The van der Waals surface area contributed by atoms with Gasteiger partial charge in [-0.3, -0.25) is 4.99 Å². The molecule has 0 unspecified atom stereocenters. The van der Waals surface area contributed by atoms with E-state index in [-0.39, 0.29) is 24.0 Å². The van der Waals surface area contributed by atoms with Crippen molar-refractivity contribution in [1.82, 2.24) is 25.8 Å². The number of guanidine groups is 1. The van der Waals surface area contributed by atoms with Crippen LogP contribution in [-0.2, 0) is 13.1 Å². The van der Waals surface area contributed by atoms with E-state index in [0.29, 0.717) is 30.8 Å². The zero-order valence-corrected chi connectivity index (χ0v) is 15.6. The molecule has 2 heterocycles. The molecular weight excluding hydrogens is 403 g/mol. The van der Waals surface area contributed by atoms with E-state index in [9.17, 15) is 0 Å². The molecule has 0 aliphatic rings. The molecule has 0 aliphatic carbocycles. The maximum atomic E-state index is 5.03. The third-order valence-electron chi connectivity index (χ3n) is 2.62. The van der Waals surface area contributed by atoms with E-state index in [1.807, 2.05) is 13.8 Å². The van der Waals surface area contributed by atoms with Crippen LogP contribution in [0.2, 0.25) is 0 Å². The molecule has 0 atom stereocenters. The van der Waals surface area contributed by atoms with E-state index >= 15 is 0 Å². The Labute approximate surface area is 144 Å². The molecule has 0 fully saturated rings. The Morgan fingerprint density at radius 3 is 2.43 bits per heavy atom. The molecule has 0 aliphatic heterocycles. The molecule has 0 amide bonds. The van der Waals surface area contributed by atoms with Crippen LogP contribution in [0.3, 0.4) is 0 Å². The van der Waals surface area contributed by atoms with Crippen molar-refractivity contribution in [1.29, 1.82) is 0 Å². The first-order valence-corrected chi connectivity index (χ1v) is 7.06. The Bertz CT molecular complexity index is 609. The standard InChI is InChI=1S/C12H18N6OS.HI/c1-7-10(20-9(3)16-7)5-14-12(13-4)15-6-11-17-8(2)18-19-11;/h5-6H2,1-4H3,(H2,13,14,15);1H. The number of aliphatic imine (C=N–C) groups is 1. The summed E-state index contributed by atoms with van der Waals surface area (Å²) in [6, 6.07) is 0. The van der Waals surface area contributed by atoms with Crippen LogP contribution in [0.5, 0.6) is 0 Å². The fraction of sp³-hybridized carbons (Fsp3) is 0.500. The van der Waals surface area contributed by atoms with E-state index in [0.717, 1.165) is 10.7 Å². The highest BCUT2D eigenvalue weighted by molar-refractivity contribution is 14.0. The van der Waals surface area contributed by atoms with Gasteiger partial charge in [0.1, 0.15) is 0 Å². The van der Waals surface area contributed by atoms with Crippen LogP contribution in [0.15, 0.2) is 9.52 Å². The van der Waals surface area contributed by atoms with Crippen LogP contribution in [0, 0.1) is 20.8 Å². The number of nitrogens with zero attached hydrogens (tertiary/aromatic N) is 4. The summed E-state index contributed by atoms with van der Waals surface area (Å²) >= 11 is 1.69. The highest BCUT2D eigenvalue weighted by atomic mass is 127. The molecule has 2 N–H and O–H groups in total. The van der Waals surface area contributed by atoms with Gasteiger partial charge in [-0.15, -0.1) is 35.3 Å². The number of rotatable bonds is 4. The van der Waals surface area contributed by atoms with Gasteiger partial charge in [0.15, 0.2) is 11.8 Å². The predicted octanol–water partition coefficient (Wildman–Crippen LogP) is 1.93. The molecule has 2 aromatic heterocycles. The molecule has 0 aromatic carbocycles. The van der Waals surface area contributed by atoms with Gasteiger partial charge >= 0.3 is 0 Å². The highest BCUT2D eigenvalue weighted by Gasteiger charge is 2.07. The number of halogens is 1. The normalized spacial score (nSPS) is 11.1. The van der Waals surface area contributed by atoms with Crippen molar-refractivity contribution in [2.24, 2.45) is 4.99 Å². The van der Waals surface area contributed by atoms with Crippen molar-refractivity contribution < 1.29 is 4.52 Å². The third-order valence-corrected chi connectivity index (χ3v) is 3.69. The summed E-state index contributed by atoms with van der Waals surface area (Å²) < 4.78 is 5.03. The summed E-state index contributed by atoms with van der Waals surface area (Å²) in [7, 11) is 1.72. The summed E-state index contributed by atoms with van der Waals surface area (Å²) in [5, 5.41) is 11.2. The van der Waals surface area contributed by atoms with Gasteiger partial charge in [-0.2, -0.15) is 4.98 Å². The average Bonchev–Trinajstić information content (AvgIpc) is 2.96. The minimum absolute atomic E-state index is 0. The lowest BCUT2D eigenvalue weighted by molar-refractivity contribution is 0.371. The third kappa shape index (κ3) is 5.23. The Morgan fingerprint density at radius 1 is 1.19 bits per heavy atom. The summed E-state index contributed by atoms with van der Waals surface area (Å²) in [6.45, 7) is 6.94. The van der Waals surface area contributed by atoms with Gasteiger partial charge in [0, 0.05) is 11.9 Å². The second kappa shape index (κ2) is 8.27. The number of nitrogens with one attached hydrogen (secondary N) is 2. The van der Waals surface area contributed by atoms with Gasteiger partial charge in [-0.25, -0.2) is 4.98 Å². The topological polar surface area (TPSA) is 88.2 Å². The smallest absolute Gasteiger partial charge is 0.246 e. The average molecular weight is 422 g/mol. The monoisotopic (exact) mass is 422 g/mol. The molecule has 116 valence electrons. The lowest BCUT2D eigenvalue weighted by atomic mass is 10.4. The van der Waals surface area contributed by atoms with Gasteiger partial charge in [-0.05, 0) is 20.8 Å². The summed E-state index contributed by atoms with van der Waals surface area (Å²) in [4.78, 5) is 13.9. The number of hydrogen-bond acceptors (Lipinski definition) is 6. The van der Waals surface area contributed by atoms with Gasteiger partial charge in [-0.1, -0.05) is 5.16 Å². The number of hydrogen-bond donors (Lipinski definition) is 2. The molecule has 9 heteroatoms. The van der Waals surface area contributed by atoms with Crippen molar-refractivity contribution in [3.8, 4) is 0 Å². The van der Waals surface area contributed by atoms with Crippen LogP contribution in [-0.4, -0.2) is 28.1 Å². The van der Waals surface area contributed by atoms with E-state index in [4.69, 9.17) is 4.52 Å². The first-order valence-electron chi connectivity index (χ1n) is 6.25. The molecule has 0 radical (unpaired) electrons. The van der Waals surface area contributed by atoms with E-state index < -0.39 is 0 Å². The van der Waals surface area contributed by atoms with Crippen molar-refractivity contribution >= 4 is 41.3 Å². The van der Waals surface area contributed by atoms with Gasteiger partial charge in [0.2, 0.25) is 5.89 Å². The first kappa shape index (κ1) is 17.8. The fourth-order valence-corrected chi connectivity index (χ4v) is 2.57. The summed E-state index contributed by atoms with van der Waals surface area (Å²) in [5.41, 5.74) is 1.06. The molecule has 0 saturated carbocycles. The quantitative estimate of drug-likeness (QED) is 0.445. The Hall–Kier alpha value is -1.23. The van der Waals surface area contributed by atoms with Crippen LogP contribution < -0.4 is 10.6 Å². The van der Waals surface area contributed by atoms with Crippen LogP contribution in [0.25, 0.3) is 0 Å². The zero-order chi connectivity index (χ0) is 14.5. The van der Waals surface area contributed by atoms with Crippen LogP contribution >= 0.6 is 35.3 Å². The van der Waals surface area contributed by atoms with Crippen LogP contribution in [0.4, 0.5) is 0 Å². The molecule has 0 saturated heterocycles. The molecule has 0 bridgehead atoms. The fourth-order valence-electron chi connectivity index (χ4n) is 1.69. The van der Waals surface area contributed by atoms with Gasteiger partial charge < -0.3 is 15.2 Å².